The summed E-state index contributed by atoms with van der Waals surface area (Å²) in [5.74, 6) is -1.45. The van der Waals surface area contributed by atoms with Crippen LogP contribution in [0.25, 0.3) is 0 Å². The molecule has 0 fully saturated rings. The number of halogens is 3. The molecule has 1 rings (SSSR count). The molecule has 128 valence electrons. The molecular formula is C15H17F3NO4-. The predicted molar refractivity (Wildman–Crippen MR) is 73.2 cm³/mol. The summed E-state index contributed by atoms with van der Waals surface area (Å²) in [5.41, 5.74) is -1.46. The Hall–Kier alpha value is -2.25. The van der Waals surface area contributed by atoms with Crippen molar-refractivity contribution in [1.29, 1.82) is 0 Å². The Balaban J connectivity index is 2.94. The lowest BCUT2D eigenvalue weighted by atomic mass is 10.0. The summed E-state index contributed by atoms with van der Waals surface area (Å²) in [6, 6.07) is 2.78. The molecule has 0 unspecified atom stereocenters. The van der Waals surface area contributed by atoms with Gasteiger partial charge in [-0.25, -0.2) is 4.79 Å². The zero-order valence-electron chi connectivity index (χ0n) is 12.9. The standard InChI is InChI=1S/C15H18F3NO4/c1-14(2,3)23-13(22)19-11(8-12(20)21)9-4-6-10(7-5-9)15(16,17)18/h4-7,11H,8H2,1-3H3,(H,19,22)(H,20,21)/p-1/t11-/m0/s1. The molecule has 1 aromatic rings. The van der Waals surface area contributed by atoms with E-state index in [0.29, 0.717) is 0 Å². The summed E-state index contributed by atoms with van der Waals surface area (Å²) < 4.78 is 42.6. The van der Waals surface area contributed by atoms with Gasteiger partial charge in [-0.1, -0.05) is 12.1 Å². The average Bonchev–Trinajstić information content (AvgIpc) is 2.34. The molecule has 1 aromatic carbocycles. The van der Waals surface area contributed by atoms with Gasteiger partial charge in [0.15, 0.2) is 0 Å². The second-order valence-electron chi connectivity index (χ2n) is 5.89. The van der Waals surface area contributed by atoms with E-state index in [4.69, 9.17) is 4.74 Å². The highest BCUT2D eigenvalue weighted by molar-refractivity contribution is 5.71. The zero-order chi connectivity index (χ0) is 17.8. The van der Waals surface area contributed by atoms with Gasteiger partial charge in [-0.15, -0.1) is 0 Å². The monoisotopic (exact) mass is 332 g/mol. The van der Waals surface area contributed by atoms with Crippen molar-refractivity contribution in [1.82, 2.24) is 5.32 Å². The number of alkyl carbamates (subject to hydrolysis) is 1. The number of nitrogens with one attached hydrogen (secondary N) is 1. The second-order valence-corrected chi connectivity index (χ2v) is 5.89. The molecule has 0 aliphatic carbocycles. The van der Waals surface area contributed by atoms with E-state index < -0.39 is 41.9 Å². The van der Waals surface area contributed by atoms with Crippen LogP contribution >= 0.6 is 0 Å². The van der Waals surface area contributed by atoms with Gasteiger partial charge in [-0.2, -0.15) is 13.2 Å². The molecule has 0 heterocycles. The third-order valence-corrected chi connectivity index (χ3v) is 2.70. The molecule has 23 heavy (non-hydrogen) atoms. The van der Waals surface area contributed by atoms with E-state index in [0.717, 1.165) is 24.3 Å². The van der Waals surface area contributed by atoms with Crippen molar-refractivity contribution in [2.45, 2.75) is 45.0 Å². The number of hydrogen-bond acceptors (Lipinski definition) is 4. The number of rotatable bonds is 4. The first-order valence-corrected chi connectivity index (χ1v) is 6.75. The molecule has 1 amide bonds. The molecule has 0 aliphatic rings. The molecule has 0 saturated heterocycles. The Labute approximate surface area is 131 Å². The van der Waals surface area contributed by atoms with Crippen molar-refractivity contribution in [3.8, 4) is 0 Å². The van der Waals surface area contributed by atoms with Crippen LogP contribution in [0.2, 0.25) is 0 Å². The molecule has 0 radical (unpaired) electrons. The van der Waals surface area contributed by atoms with Crippen molar-refractivity contribution in [3.05, 3.63) is 35.4 Å². The summed E-state index contributed by atoms with van der Waals surface area (Å²) in [6.07, 6.45) is -5.96. The van der Waals surface area contributed by atoms with E-state index in [1.165, 1.54) is 0 Å². The van der Waals surface area contributed by atoms with Crippen molar-refractivity contribution >= 4 is 12.1 Å². The lowest BCUT2D eigenvalue weighted by molar-refractivity contribution is -0.306. The molecule has 0 spiro atoms. The highest BCUT2D eigenvalue weighted by atomic mass is 19.4. The minimum Gasteiger partial charge on any atom is -0.550 e. The number of benzene rings is 1. The third-order valence-electron chi connectivity index (χ3n) is 2.70. The minimum atomic E-state index is -4.50. The number of carbonyl (C=O) groups is 2. The van der Waals surface area contributed by atoms with Crippen LogP contribution in [-0.2, 0) is 15.7 Å². The van der Waals surface area contributed by atoms with Gasteiger partial charge >= 0.3 is 12.3 Å². The summed E-state index contributed by atoms with van der Waals surface area (Å²) in [5, 5.41) is 13.1. The molecule has 0 saturated carbocycles. The summed E-state index contributed by atoms with van der Waals surface area (Å²) in [4.78, 5) is 22.5. The van der Waals surface area contributed by atoms with Gasteiger partial charge in [0, 0.05) is 12.4 Å². The molecule has 8 heteroatoms. The lowest BCUT2D eigenvalue weighted by Gasteiger charge is -2.24. The fraction of sp³-hybridized carbons (Fsp3) is 0.467. The highest BCUT2D eigenvalue weighted by Gasteiger charge is 2.30. The molecule has 1 atom stereocenters. The van der Waals surface area contributed by atoms with Gasteiger partial charge in [0.1, 0.15) is 5.60 Å². The SMILES string of the molecule is CC(C)(C)OC(=O)N[C@@H](CC(=O)[O-])c1ccc(C(F)(F)F)cc1. The average molecular weight is 332 g/mol. The van der Waals surface area contributed by atoms with Crippen molar-refractivity contribution in [2.75, 3.05) is 0 Å². The Morgan fingerprint density at radius 3 is 2.09 bits per heavy atom. The summed E-state index contributed by atoms with van der Waals surface area (Å²) in [6.45, 7) is 4.87. The lowest BCUT2D eigenvalue weighted by Crippen LogP contribution is -2.37. The van der Waals surface area contributed by atoms with Gasteiger partial charge in [0.2, 0.25) is 0 Å². The van der Waals surface area contributed by atoms with Crippen LogP contribution in [-0.4, -0.2) is 17.7 Å². The van der Waals surface area contributed by atoms with E-state index >= 15 is 0 Å². The number of alkyl halides is 3. The fourth-order valence-corrected chi connectivity index (χ4v) is 1.77. The molecule has 5 nitrogen and oxygen atoms in total. The summed E-state index contributed by atoms with van der Waals surface area (Å²) >= 11 is 0. The number of ether oxygens (including phenoxy) is 1. The topological polar surface area (TPSA) is 78.5 Å². The van der Waals surface area contributed by atoms with E-state index in [1.54, 1.807) is 20.8 Å². The largest absolute Gasteiger partial charge is 0.550 e. The van der Waals surface area contributed by atoms with Gasteiger partial charge in [0.25, 0.3) is 0 Å². The van der Waals surface area contributed by atoms with Gasteiger partial charge in [-0.3, -0.25) is 0 Å². The predicted octanol–water partition coefficient (Wildman–Crippen LogP) is 2.41. The van der Waals surface area contributed by atoms with Crippen LogP contribution in [0.4, 0.5) is 18.0 Å². The Kier molecular flexibility index (Phi) is 5.63. The van der Waals surface area contributed by atoms with Gasteiger partial charge in [-0.05, 0) is 38.5 Å². The number of amides is 1. The Morgan fingerprint density at radius 1 is 1.17 bits per heavy atom. The smallest absolute Gasteiger partial charge is 0.416 e. The Bertz CT molecular complexity index is 562. The van der Waals surface area contributed by atoms with Gasteiger partial charge in [0.05, 0.1) is 11.6 Å². The van der Waals surface area contributed by atoms with Crippen molar-refractivity contribution < 1.29 is 32.6 Å². The normalized spacial score (nSPS) is 13.3. The molecule has 0 aromatic heterocycles. The van der Waals surface area contributed by atoms with Crippen LogP contribution in [0, 0.1) is 0 Å². The molecule has 1 N–H and O–H groups in total. The van der Waals surface area contributed by atoms with Crippen LogP contribution in [0.3, 0.4) is 0 Å². The first-order chi connectivity index (χ1) is 10.4. The quantitative estimate of drug-likeness (QED) is 0.918. The molecule has 0 bridgehead atoms. The number of aliphatic carboxylic acids is 1. The maximum atomic E-state index is 12.5. The van der Waals surface area contributed by atoms with Crippen molar-refractivity contribution in [3.63, 3.8) is 0 Å². The first kappa shape index (κ1) is 18.8. The summed E-state index contributed by atoms with van der Waals surface area (Å²) in [7, 11) is 0. The van der Waals surface area contributed by atoms with Gasteiger partial charge < -0.3 is 20.0 Å². The van der Waals surface area contributed by atoms with E-state index in [2.05, 4.69) is 5.32 Å². The first-order valence-electron chi connectivity index (χ1n) is 6.75. The third kappa shape index (κ3) is 6.58. The minimum absolute atomic E-state index is 0.202. The van der Waals surface area contributed by atoms with E-state index in [9.17, 15) is 27.9 Å². The van der Waals surface area contributed by atoms with Crippen LogP contribution in [0.5, 0.6) is 0 Å². The van der Waals surface area contributed by atoms with Crippen LogP contribution < -0.4 is 10.4 Å². The molecular weight excluding hydrogens is 315 g/mol. The number of carbonyl (C=O) groups excluding carboxylic acids is 2. The number of carboxylic acid groups (broad SMARTS) is 1. The van der Waals surface area contributed by atoms with Crippen molar-refractivity contribution in [2.24, 2.45) is 0 Å². The number of hydrogen-bond donors (Lipinski definition) is 1. The van der Waals surface area contributed by atoms with E-state index in [1.807, 2.05) is 0 Å². The maximum absolute atomic E-state index is 12.5. The van der Waals surface area contributed by atoms with Crippen LogP contribution in [0.1, 0.15) is 44.4 Å². The van der Waals surface area contributed by atoms with E-state index in [-0.39, 0.29) is 5.56 Å². The fourth-order valence-electron chi connectivity index (χ4n) is 1.77. The molecule has 0 aliphatic heterocycles. The Morgan fingerprint density at radius 2 is 1.70 bits per heavy atom. The highest BCUT2D eigenvalue weighted by Crippen LogP contribution is 2.30. The second kappa shape index (κ2) is 6.89. The zero-order valence-corrected chi connectivity index (χ0v) is 12.9. The number of carboxylic acids is 1. The van der Waals surface area contributed by atoms with Crippen LogP contribution in [0.15, 0.2) is 24.3 Å². The maximum Gasteiger partial charge on any atom is 0.416 e.